The zero-order valence-corrected chi connectivity index (χ0v) is 15.6. The first-order chi connectivity index (χ1) is 11.3. The highest BCUT2D eigenvalue weighted by molar-refractivity contribution is 7.89. The third-order valence-electron chi connectivity index (χ3n) is 3.89. The number of nitrogens with zero attached hydrogens (tertiary/aromatic N) is 1. The van der Waals surface area contributed by atoms with E-state index in [2.05, 4.69) is 9.47 Å². The molecular formula is C15H21ClN2O6S. The number of carbonyl (C=O) groups is 2. The minimum absolute atomic E-state index is 0. The Hall–Kier alpha value is -1.68. The van der Waals surface area contributed by atoms with Gasteiger partial charge >= 0.3 is 11.9 Å². The van der Waals surface area contributed by atoms with E-state index < -0.39 is 22.0 Å². The van der Waals surface area contributed by atoms with Gasteiger partial charge in [-0.3, -0.25) is 0 Å². The van der Waals surface area contributed by atoms with Crippen molar-refractivity contribution in [3.63, 3.8) is 0 Å². The van der Waals surface area contributed by atoms with Crippen molar-refractivity contribution in [1.29, 1.82) is 0 Å². The van der Waals surface area contributed by atoms with Crippen LogP contribution in [0.3, 0.4) is 0 Å². The van der Waals surface area contributed by atoms with E-state index in [1.807, 2.05) is 0 Å². The molecule has 0 spiro atoms. The number of piperidine rings is 1. The number of benzene rings is 1. The van der Waals surface area contributed by atoms with Crippen molar-refractivity contribution < 1.29 is 27.5 Å². The fraction of sp³-hybridized carbons (Fsp3) is 0.467. The summed E-state index contributed by atoms with van der Waals surface area (Å²) in [5.41, 5.74) is 5.73. The lowest BCUT2D eigenvalue weighted by molar-refractivity contribution is 0.0598. The number of ether oxygens (including phenoxy) is 2. The highest BCUT2D eigenvalue weighted by Gasteiger charge is 2.30. The summed E-state index contributed by atoms with van der Waals surface area (Å²) in [7, 11) is -1.50. The number of nitrogens with two attached hydrogens (primary N) is 1. The molecule has 0 aromatic heterocycles. The van der Waals surface area contributed by atoms with Crippen LogP contribution < -0.4 is 5.73 Å². The van der Waals surface area contributed by atoms with E-state index >= 15 is 0 Å². The highest BCUT2D eigenvalue weighted by Crippen LogP contribution is 2.23. The van der Waals surface area contributed by atoms with Crippen molar-refractivity contribution in [1.82, 2.24) is 4.31 Å². The summed E-state index contributed by atoms with van der Waals surface area (Å²) in [5, 5.41) is 0. The Kier molecular flexibility index (Phi) is 7.36. The van der Waals surface area contributed by atoms with Gasteiger partial charge in [0.15, 0.2) is 0 Å². The molecule has 0 unspecified atom stereocenters. The molecule has 1 aliphatic rings. The van der Waals surface area contributed by atoms with Crippen molar-refractivity contribution in [3.8, 4) is 0 Å². The molecule has 1 saturated heterocycles. The maximum atomic E-state index is 12.8. The maximum Gasteiger partial charge on any atom is 0.337 e. The number of rotatable bonds is 4. The summed E-state index contributed by atoms with van der Waals surface area (Å²) in [6, 6.07) is 3.61. The Balaban J connectivity index is 0.00000312. The molecule has 2 rings (SSSR count). The van der Waals surface area contributed by atoms with Crippen molar-refractivity contribution in [2.45, 2.75) is 23.8 Å². The van der Waals surface area contributed by atoms with E-state index in [9.17, 15) is 18.0 Å². The molecule has 0 aliphatic carbocycles. The van der Waals surface area contributed by atoms with E-state index in [4.69, 9.17) is 5.73 Å². The third-order valence-corrected chi connectivity index (χ3v) is 5.76. The van der Waals surface area contributed by atoms with E-state index in [0.29, 0.717) is 25.9 Å². The molecule has 0 amide bonds. The van der Waals surface area contributed by atoms with Gasteiger partial charge in [0.05, 0.1) is 30.2 Å². The maximum absolute atomic E-state index is 12.8. The van der Waals surface area contributed by atoms with Crippen LogP contribution in [0.1, 0.15) is 33.6 Å². The number of halogens is 1. The molecule has 0 saturated carbocycles. The molecule has 1 fully saturated rings. The second-order valence-electron chi connectivity index (χ2n) is 5.47. The van der Waals surface area contributed by atoms with Crippen molar-refractivity contribution in [2.75, 3.05) is 27.3 Å². The third kappa shape index (κ3) is 4.69. The molecule has 0 atom stereocenters. The van der Waals surface area contributed by atoms with Gasteiger partial charge in [-0.1, -0.05) is 0 Å². The van der Waals surface area contributed by atoms with Crippen LogP contribution in [0.25, 0.3) is 0 Å². The molecule has 0 radical (unpaired) electrons. The number of sulfonamides is 1. The predicted octanol–water partition coefficient (Wildman–Crippen LogP) is 0.793. The average Bonchev–Trinajstić information content (AvgIpc) is 2.60. The molecule has 2 N–H and O–H groups in total. The fourth-order valence-corrected chi connectivity index (χ4v) is 4.03. The summed E-state index contributed by atoms with van der Waals surface area (Å²) in [4.78, 5) is 23.4. The minimum Gasteiger partial charge on any atom is -0.465 e. The summed E-state index contributed by atoms with van der Waals surface area (Å²) >= 11 is 0. The number of methoxy groups -OCH3 is 2. The normalized spacial score (nSPS) is 16.0. The minimum atomic E-state index is -3.85. The van der Waals surface area contributed by atoms with Crippen LogP contribution in [0.15, 0.2) is 23.1 Å². The first-order valence-electron chi connectivity index (χ1n) is 7.37. The number of hydrogen-bond donors (Lipinski definition) is 1. The Morgan fingerprint density at radius 1 is 1.04 bits per heavy atom. The van der Waals surface area contributed by atoms with Gasteiger partial charge in [0.1, 0.15) is 0 Å². The zero-order valence-electron chi connectivity index (χ0n) is 13.9. The van der Waals surface area contributed by atoms with Gasteiger partial charge in [-0.25, -0.2) is 18.0 Å². The molecular weight excluding hydrogens is 372 g/mol. The molecule has 1 aromatic rings. The van der Waals surface area contributed by atoms with Gasteiger partial charge in [-0.05, 0) is 31.0 Å². The lowest BCUT2D eigenvalue weighted by Gasteiger charge is -2.29. The van der Waals surface area contributed by atoms with E-state index in [1.165, 1.54) is 36.7 Å². The Labute approximate surface area is 152 Å². The van der Waals surface area contributed by atoms with Gasteiger partial charge in [-0.15, -0.1) is 12.4 Å². The standard InChI is InChI=1S/C15H20N2O6S.ClH/c1-22-14(18)10-7-11(15(19)23-2)9-13(8-10)24(20,21)17-5-3-12(16)4-6-17;/h7-9,12H,3-6,16H2,1-2H3;1H. The second kappa shape index (κ2) is 8.61. The highest BCUT2D eigenvalue weighted by atomic mass is 35.5. The van der Waals surface area contributed by atoms with Crippen molar-refractivity contribution in [2.24, 2.45) is 5.73 Å². The van der Waals surface area contributed by atoms with Crippen LogP contribution in [-0.2, 0) is 19.5 Å². The molecule has 10 heteroatoms. The Morgan fingerprint density at radius 3 is 1.88 bits per heavy atom. The van der Waals surface area contributed by atoms with E-state index in [1.54, 1.807) is 0 Å². The molecule has 0 bridgehead atoms. The molecule has 140 valence electrons. The lowest BCUT2D eigenvalue weighted by atomic mass is 10.1. The smallest absolute Gasteiger partial charge is 0.337 e. The first kappa shape index (κ1) is 21.4. The zero-order chi connectivity index (χ0) is 17.9. The van der Waals surface area contributed by atoms with Gasteiger partial charge in [0.25, 0.3) is 0 Å². The largest absolute Gasteiger partial charge is 0.465 e. The monoisotopic (exact) mass is 392 g/mol. The average molecular weight is 393 g/mol. The molecule has 1 heterocycles. The summed E-state index contributed by atoms with van der Waals surface area (Å²) in [6.07, 6.45) is 1.11. The van der Waals surface area contributed by atoms with Crippen LogP contribution in [0.5, 0.6) is 0 Å². The van der Waals surface area contributed by atoms with Crippen molar-refractivity contribution >= 4 is 34.4 Å². The quantitative estimate of drug-likeness (QED) is 0.753. The summed E-state index contributed by atoms with van der Waals surface area (Å²) in [5.74, 6) is -1.48. The molecule has 25 heavy (non-hydrogen) atoms. The fourth-order valence-electron chi connectivity index (χ4n) is 2.48. The Morgan fingerprint density at radius 2 is 1.48 bits per heavy atom. The second-order valence-corrected chi connectivity index (χ2v) is 7.41. The number of esters is 2. The van der Waals surface area contributed by atoms with Gasteiger partial charge < -0.3 is 15.2 Å². The van der Waals surface area contributed by atoms with Gasteiger partial charge in [0.2, 0.25) is 10.0 Å². The first-order valence-corrected chi connectivity index (χ1v) is 8.81. The number of hydrogen-bond acceptors (Lipinski definition) is 7. The Bertz CT molecular complexity index is 710. The van der Waals surface area contributed by atoms with E-state index in [-0.39, 0.29) is 34.5 Å². The van der Waals surface area contributed by atoms with Crippen LogP contribution in [-0.4, -0.2) is 58.0 Å². The predicted molar refractivity (Wildman–Crippen MR) is 92.3 cm³/mol. The van der Waals surface area contributed by atoms with Gasteiger partial charge in [0, 0.05) is 19.1 Å². The molecule has 8 nitrogen and oxygen atoms in total. The summed E-state index contributed by atoms with van der Waals surface area (Å²) in [6.45, 7) is 0.582. The topological polar surface area (TPSA) is 116 Å². The lowest BCUT2D eigenvalue weighted by Crippen LogP contribution is -2.42. The summed E-state index contributed by atoms with van der Waals surface area (Å²) < 4.78 is 36.1. The van der Waals surface area contributed by atoms with E-state index in [0.717, 1.165) is 0 Å². The van der Waals surface area contributed by atoms with Crippen LogP contribution in [0, 0.1) is 0 Å². The van der Waals surface area contributed by atoms with Crippen molar-refractivity contribution in [3.05, 3.63) is 29.3 Å². The van der Waals surface area contributed by atoms with Crippen LogP contribution in [0.2, 0.25) is 0 Å². The molecule has 1 aliphatic heterocycles. The van der Waals surface area contributed by atoms with Gasteiger partial charge in [-0.2, -0.15) is 4.31 Å². The van der Waals surface area contributed by atoms with Crippen LogP contribution in [0.4, 0.5) is 0 Å². The number of carbonyl (C=O) groups excluding carboxylic acids is 2. The van der Waals surface area contributed by atoms with Crippen LogP contribution >= 0.6 is 12.4 Å². The SMILES string of the molecule is COC(=O)c1cc(C(=O)OC)cc(S(=O)(=O)N2CCC(N)CC2)c1.Cl. The molecule has 1 aromatic carbocycles.